The Bertz CT molecular complexity index is 698. The molecule has 2 nitrogen and oxygen atoms in total. The van der Waals surface area contributed by atoms with Gasteiger partial charge in [-0.25, -0.2) is 0 Å². The van der Waals surface area contributed by atoms with E-state index in [1.807, 2.05) is 18.2 Å². The molecule has 2 bridgehead atoms. The topological polar surface area (TPSA) is 34.1 Å². The minimum atomic E-state index is -0.141. The summed E-state index contributed by atoms with van der Waals surface area (Å²) in [5.41, 5.74) is 2.33. The third kappa shape index (κ3) is 1.53. The average Bonchev–Trinajstić information content (AvgIpc) is 2.97. The lowest BCUT2D eigenvalue weighted by Gasteiger charge is -2.36. The zero-order chi connectivity index (χ0) is 14.9. The number of carbonyl (C=O) groups excluding carboxylic acids is 2. The molecule has 1 aromatic rings. The fraction of sp³-hybridized carbons (Fsp3) is 0.474. The molecule has 3 aliphatic carbocycles. The van der Waals surface area contributed by atoms with Crippen molar-refractivity contribution in [2.45, 2.75) is 33.1 Å². The molecular weight excluding hydrogens is 260 g/mol. The molecule has 0 aliphatic heterocycles. The summed E-state index contributed by atoms with van der Waals surface area (Å²) in [5, 5.41) is 0. The fourth-order valence-electron chi connectivity index (χ4n) is 4.62. The zero-order valence-electron chi connectivity index (χ0n) is 12.7. The molecule has 21 heavy (non-hydrogen) atoms. The van der Waals surface area contributed by atoms with Gasteiger partial charge in [0.15, 0.2) is 11.6 Å². The first-order valence-corrected chi connectivity index (χ1v) is 7.84. The van der Waals surface area contributed by atoms with Crippen LogP contribution in [0.15, 0.2) is 30.4 Å². The molecular formula is C19H20O2. The number of allylic oxidation sites excluding steroid dienone is 2. The quantitative estimate of drug-likeness (QED) is 0.728. The van der Waals surface area contributed by atoms with E-state index < -0.39 is 0 Å². The van der Waals surface area contributed by atoms with Crippen molar-refractivity contribution in [2.24, 2.45) is 23.2 Å². The molecule has 3 aliphatic rings. The van der Waals surface area contributed by atoms with Crippen LogP contribution in [0, 0.1) is 23.2 Å². The van der Waals surface area contributed by atoms with Gasteiger partial charge >= 0.3 is 0 Å². The van der Waals surface area contributed by atoms with Gasteiger partial charge in [0.1, 0.15) is 0 Å². The Morgan fingerprint density at radius 1 is 1.14 bits per heavy atom. The van der Waals surface area contributed by atoms with E-state index in [2.05, 4.69) is 32.9 Å². The molecule has 0 spiro atoms. The molecule has 0 aromatic heterocycles. The molecule has 0 heterocycles. The lowest BCUT2D eigenvalue weighted by atomic mass is 9.65. The van der Waals surface area contributed by atoms with Crippen molar-refractivity contribution in [1.29, 1.82) is 0 Å². The highest BCUT2D eigenvalue weighted by Gasteiger charge is 2.60. The molecule has 0 amide bonds. The summed E-state index contributed by atoms with van der Waals surface area (Å²) in [7, 11) is 0. The van der Waals surface area contributed by atoms with Crippen LogP contribution in [-0.4, -0.2) is 11.6 Å². The second-order valence-electron chi connectivity index (χ2n) is 7.42. The average molecular weight is 280 g/mol. The maximum atomic E-state index is 13.0. The third-order valence-corrected chi connectivity index (χ3v) is 5.76. The largest absolute Gasteiger partial charge is 0.294 e. The van der Waals surface area contributed by atoms with Crippen LogP contribution in [0.3, 0.4) is 0 Å². The van der Waals surface area contributed by atoms with Crippen molar-refractivity contribution in [3.8, 4) is 0 Å². The van der Waals surface area contributed by atoms with E-state index in [-0.39, 0.29) is 34.7 Å². The fourth-order valence-corrected chi connectivity index (χ4v) is 4.62. The van der Waals surface area contributed by atoms with Gasteiger partial charge in [0.25, 0.3) is 0 Å². The highest BCUT2D eigenvalue weighted by molar-refractivity contribution is 6.17. The Balaban J connectivity index is 1.89. The van der Waals surface area contributed by atoms with Crippen LogP contribution in [-0.2, 0) is 0 Å². The van der Waals surface area contributed by atoms with Crippen molar-refractivity contribution in [1.82, 2.24) is 0 Å². The number of fused-ring (bicyclic) bond motifs is 6. The summed E-state index contributed by atoms with van der Waals surface area (Å²) in [6.07, 6.45) is 5.27. The van der Waals surface area contributed by atoms with Crippen LogP contribution in [0.2, 0.25) is 0 Å². The highest BCUT2D eigenvalue weighted by Crippen LogP contribution is 2.59. The lowest BCUT2D eigenvalue weighted by Crippen LogP contribution is -2.42. The molecule has 4 unspecified atom stereocenters. The van der Waals surface area contributed by atoms with Gasteiger partial charge < -0.3 is 0 Å². The van der Waals surface area contributed by atoms with Crippen molar-refractivity contribution >= 4 is 11.6 Å². The molecule has 1 saturated carbocycles. The minimum Gasteiger partial charge on any atom is -0.294 e. The molecule has 1 fully saturated rings. The molecule has 4 atom stereocenters. The summed E-state index contributed by atoms with van der Waals surface area (Å²) in [6.45, 7) is 6.36. The van der Waals surface area contributed by atoms with Crippen molar-refractivity contribution in [3.63, 3.8) is 0 Å². The number of hydrogen-bond acceptors (Lipinski definition) is 2. The van der Waals surface area contributed by atoms with Crippen molar-refractivity contribution in [2.75, 3.05) is 0 Å². The number of benzene rings is 1. The predicted octanol–water partition coefficient (Wildman–Crippen LogP) is 4.02. The first-order chi connectivity index (χ1) is 9.92. The van der Waals surface area contributed by atoms with Crippen LogP contribution in [0.25, 0.3) is 0 Å². The summed E-state index contributed by atoms with van der Waals surface area (Å²) < 4.78 is 0. The molecule has 1 aromatic carbocycles. The smallest absolute Gasteiger partial charge is 0.168 e. The van der Waals surface area contributed by atoms with E-state index in [1.54, 1.807) is 0 Å². The summed E-state index contributed by atoms with van der Waals surface area (Å²) in [4.78, 5) is 25.9. The Morgan fingerprint density at radius 2 is 1.90 bits per heavy atom. The second kappa shape index (κ2) is 3.94. The summed E-state index contributed by atoms with van der Waals surface area (Å²) in [6, 6.07) is 5.83. The molecule has 108 valence electrons. The monoisotopic (exact) mass is 280 g/mol. The van der Waals surface area contributed by atoms with Gasteiger partial charge in [0.05, 0.1) is 0 Å². The lowest BCUT2D eigenvalue weighted by molar-refractivity contribution is 0.0676. The van der Waals surface area contributed by atoms with Gasteiger partial charge in [-0.15, -0.1) is 0 Å². The van der Waals surface area contributed by atoms with E-state index in [4.69, 9.17) is 0 Å². The zero-order valence-corrected chi connectivity index (χ0v) is 12.7. The molecule has 0 radical (unpaired) electrons. The number of rotatable bonds is 1. The highest BCUT2D eigenvalue weighted by atomic mass is 16.1. The van der Waals surface area contributed by atoms with E-state index in [1.165, 1.54) is 0 Å². The van der Waals surface area contributed by atoms with Gasteiger partial charge in [-0.1, -0.05) is 45.1 Å². The third-order valence-electron chi connectivity index (χ3n) is 5.76. The maximum absolute atomic E-state index is 13.0. The normalized spacial score (nSPS) is 36.3. The van der Waals surface area contributed by atoms with Crippen LogP contribution in [0.4, 0.5) is 0 Å². The van der Waals surface area contributed by atoms with Crippen LogP contribution >= 0.6 is 0 Å². The first kappa shape index (κ1) is 13.0. The minimum absolute atomic E-state index is 0.115. The summed E-state index contributed by atoms with van der Waals surface area (Å²) >= 11 is 0. The van der Waals surface area contributed by atoms with Crippen LogP contribution < -0.4 is 0 Å². The SMILES string of the molecule is CC(C)c1ccc2c(c1)C(=O)C1C3C=CC(C)(C3)C1C2=O. The number of ketones is 2. The number of hydrogen-bond donors (Lipinski definition) is 0. The maximum Gasteiger partial charge on any atom is 0.168 e. The Hall–Kier alpha value is -1.70. The standard InChI is InChI=1S/C19H20O2/c1-10(2)11-4-5-13-14(8-11)17(20)15-12-6-7-19(3,9-12)16(15)18(13)21/h4-8,10,12,15-16H,9H2,1-3H3. The van der Waals surface area contributed by atoms with Gasteiger partial charge in [-0.2, -0.15) is 0 Å². The van der Waals surface area contributed by atoms with Crippen LogP contribution in [0.1, 0.15) is 59.4 Å². The number of carbonyl (C=O) groups is 2. The second-order valence-corrected chi connectivity index (χ2v) is 7.42. The van der Waals surface area contributed by atoms with Crippen molar-refractivity contribution < 1.29 is 9.59 Å². The molecule has 0 N–H and O–H groups in total. The predicted molar refractivity (Wildman–Crippen MR) is 81.5 cm³/mol. The molecule has 2 heteroatoms. The summed E-state index contributed by atoms with van der Waals surface area (Å²) in [5.74, 6) is 0.731. The van der Waals surface area contributed by atoms with Gasteiger partial charge in [-0.05, 0) is 35.3 Å². The van der Waals surface area contributed by atoms with E-state index in [9.17, 15) is 9.59 Å². The van der Waals surface area contributed by atoms with E-state index in [0.717, 1.165) is 12.0 Å². The Morgan fingerprint density at radius 3 is 2.62 bits per heavy atom. The molecule has 4 rings (SSSR count). The Kier molecular flexibility index (Phi) is 2.44. The van der Waals surface area contributed by atoms with E-state index in [0.29, 0.717) is 17.0 Å². The van der Waals surface area contributed by atoms with E-state index >= 15 is 0 Å². The number of Topliss-reactive ketones (excluding diaryl/α,β-unsaturated/α-hetero) is 2. The van der Waals surface area contributed by atoms with Gasteiger partial charge in [-0.3, -0.25) is 9.59 Å². The van der Waals surface area contributed by atoms with Crippen LogP contribution in [0.5, 0.6) is 0 Å². The van der Waals surface area contributed by atoms with Crippen molar-refractivity contribution in [3.05, 3.63) is 47.0 Å². The molecule has 0 saturated heterocycles. The first-order valence-electron chi connectivity index (χ1n) is 7.84. The van der Waals surface area contributed by atoms with Gasteiger partial charge in [0.2, 0.25) is 0 Å². The Labute approximate surface area is 125 Å². The van der Waals surface area contributed by atoms with Gasteiger partial charge in [0, 0.05) is 23.0 Å².